The molecule has 0 aliphatic carbocycles. The number of esters is 2. The molecular weight excluding hydrogens is 424 g/mol. The van der Waals surface area contributed by atoms with Crippen LogP contribution in [0.4, 0.5) is 0 Å². The van der Waals surface area contributed by atoms with Gasteiger partial charge in [0.1, 0.15) is 11.6 Å². The lowest BCUT2D eigenvalue weighted by atomic mass is 9.74. The van der Waals surface area contributed by atoms with Gasteiger partial charge >= 0.3 is 11.9 Å². The van der Waals surface area contributed by atoms with Crippen LogP contribution in [0.25, 0.3) is 0 Å². The highest BCUT2D eigenvalue weighted by molar-refractivity contribution is 5.87. The summed E-state index contributed by atoms with van der Waals surface area (Å²) in [5.41, 5.74) is -0.214. The van der Waals surface area contributed by atoms with Gasteiger partial charge < -0.3 is 14.2 Å². The van der Waals surface area contributed by atoms with Crippen LogP contribution in [-0.2, 0) is 33.4 Å². The van der Waals surface area contributed by atoms with Crippen LogP contribution < -0.4 is 0 Å². The van der Waals surface area contributed by atoms with Gasteiger partial charge in [0.2, 0.25) is 0 Å². The molecular formula is C26H46O7. The minimum Gasteiger partial charge on any atom is -0.469 e. The smallest absolute Gasteiger partial charge is 0.306 e. The molecule has 0 N–H and O–H groups in total. The first-order valence-electron chi connectivity index (χ1n) is 12.0. The quantitative estimate of drug-likeness (QED) is 0.429. The summed E-state index contributed by atoms with van der Waals surface area (Å²) in [7, 11) is 2.72. The Kier molecular flexibility index (Phi) is 13.7. The second-order valence-electron chi connectivity index (χ2n) is 10.5. The predicted octanol–water partition coefficient (Wildman–Crippen LogP) is 4.64. The van der Waals surface area contributed by atoms with E-state index in [0.717, 1.165) is 12.8 Å². The summed E-state index contributed by atoms with van der Waals surface area (Å²) >= 11 is 0. The van der Waals surface area contributed by atoms with E-state index in [1.165, 1.54) is 14.2 Å². The van der Waals surface area contributed by atoms with E-state index in [1.807, 2.05) is 55.4 Å². The molecule has 1 saturated heterocycles. The molecule has 0 aromatic rings. The molecule has 7 heteroatoms. The minimum absolute atomic E-state index is 0.0212. The van der Waals surface area contributed by atoms with E-state index in [4.69, 9.17) is 9.47 Å². The Hall–Kier alpha value is -1.76. The highest BCUT2D eigenvalue weighted by Gasteiger charge is 2.38. The van der Waals surface area contributed by atoms with Crippen LogP contribution in [0, 0.1) is 35.5 Å². The Balaban J connectivity index is 0.000000653. The molecule has 192 valence electrons. The van der Waals surface area contributed by atoms with Crippen LogP contribution in [0.1, 0.15) is 81.1 Å². The van der Waals surface area contributed by atoms with Crippen molar-refractivity contribution in [2.24, 2.45) is 35.5 Å². The molecule has 1 rings (SSSR count). The van der Waals surface area contributed by atoms with Gasteiger partial charge in [0, 0.05) is 30.3 Å². The molecule has 1 heterocycles. The molecule has 0 aromatic heterocycles. The molecule has 1 aliphatic rings. The third kappa shape index (κ3) is 11.3. The first kappa shape index (κ1) is 31.2. The number of Topliss-reactive ketones (excluding diaryl/α,β-unsaturated/α-hetero) is 2. The van der Waals surface area contributed by atoms with Crippen LogP contribution in [0.2, 0.25) is 0 Å². The van der Waals surface area contributed by atoms with Crippen molar-refractivity contribution < 1.29 is 33.4 Å². The lowest BCUT2D eigenvalue weighted by molar-refractivity contribution is -0.148. The van der Waals surface area contributed by atoms with E-state index in [2.05, 4.69) is 4.74 Å². The molecule has 3 atom stereocenters. The molecule has 0 aromatic carbocycles. The lowest BCUT2D eigenvalue weighted by Crippen LogP contribution is -2.40. The molecule has 3 unspecified atom stereocenters. The Morgan fingerprint density at radius 3 is 1.73 bits per heavy atom. The maximum Gasteiger partial charge on any atom is 0.306 e. The Labute approximate surface area is 200 Å². The summed E-state index contributed by atoms with van der Waals surface area (Å²) in [6.45, 7) is 16.1. The third-order valence-electron chi connectivity index (χ3n) is 6.21. The molecule has 0 amide bonds. The number of carbonyl (C=O) groups excluding carboxylic acids is 4. The SMILES string of the molecule is COC(=O)CC(C(=O)C(C)C)C(C)C.COC(=O)CC(C(=O)C(C)C)C1CCOC(C)(C)C1. The zero-order valence-electron chi connectivity index (χ0n) is 22.4. The summed E-state index contributed by atoms with van der Waals surface area (Å²) in [6.07, 6.45) is 2.04. The molecule has 0 spiro atoms. The minimum atomic E-state index is -0.308. The maximum atomic E-state index is 12.4. The maximum absolute atomic E-state index is 12.4. The van der Waals surface area contributed by atoms with Gasteiger partial charge in [0.15, 0.2) is 0 Å². The Morgan fingerprint density at radius 2 is 1.33 bits per heavy atom. The number of rotatable bonds is 10. The first-order valence-corrected chi connectivity index (χ1v) is 12.0. The fourth-order valence-electron chi connectivity index (χ4n) is 4.17. The normalized spacial score (nSPS) is 19.4. The number of hydrogen-bond donors (Lipinski definition) is 0. The molecule has 33 heavy (non-hydrogen) atoms. The van der Waals surface area contributed by atoms with E-state index in [-0.39, 0.29) is 77.5 Å². The van der Waals surface area contributed by atoms with Crippen LogP contribution in [0.3, 0.4) is 0 Å². The largest absolute Gasteiger partial charge is 0.469 e. The van der Waals surface area contributed by atoms with Crippen molar-refractivity contribution in [2.75, 3.05) is 20.8 Å². The van der Waals surface area contributed by atoms with Crippen molar-refractivity contribution in [1.29, 1.82) is 0 Å². The molecule has 0 radical (unpaired) electrons. The summed E-state index contributed by atoms with van der Waals surface area (Å²) in [5.74, 6) is -0.438. The van der Waals surface area contributed by atoms with E-state index in [1.54, 1.807) is 0 Å². The fourth-order valence-corrected chi connectivity index (χ4v) is 4.17. The van der Waals surface area contributed by atoms with Crippen molar-refractivity contribution in [3.63, 3.8) is 0 Å². The molecule has 7 nitrogen and oxygen atoms in total. The summed E-state index contributed by atoms with van der Waals surface area (Å²) in [4.78, 5) is 46.7. The van der Waals surface area contributed by atoms with Gasteiger partial charge in [0.25, 0.3) is 0 Å². The van der Waals surface area contributed by atoms with Crippen LogP contribution >= 0.6 is 0 Å². The molecule has 1 aliphatic heterocycles. The van der Waals surface area contributed by atoms with Crippen LogP contribution in [0.15, 0.2) is 0 Å². The predicted molar refractivity (Wildman–Crippen MR) is 128 cm³/mol. The van der Waals surface area contributed by atoms with E-state index >= 15 is 0 Å². The standard InChI is InChI=1S/C15H26O4.C11H20O3/c1-10(2)14(17)12(8-13(16)18-5)11-6-7-19-15(3,4)9-11;1-7(2)9(6-10(12)14-5)11(13)8(3)4/h10-12H,6-9H2,1-5H3;7-9H,6H2,1-5H3. The average Bonchev–Trinajstić information content (AvgIpc) is 2.73. The fraction of sp³-hybridized carbons (Fsp3) is 0.846. The number of hydrogen-bond acceptors (Lipinski definition) is 7. The van der Waals surface area contributed by atoms with Gasteiger partial charge in [0.05, 0.1) is 32.7 Å². The highest BCUT2D eigenvalue weighted by Crippen LogP contribution is 2.36. The number of ketones is 2. The van der Waals surface area contributed by atoms with Crippen LogP contribution in [0.5, 0.6) is 0 Å². The number of methoxy groups -OCH3 is 2. The second kappa shape index (κ2) is 14.5. The zero-order chi connectivity index (χ0) is 25.9. The summed E-state index contributed by atoms with van der Waals surface area (Å²) in [5, 5.41) is 0. The molecule has 0 saturated carbocycles. The summed E-state index contributed by atoms with van der Waals surface area (Å²) < 4.78 is 15.0. The summed E-state index contributed by atoms with van der Waals surface area (Å²) in [6, 6.07) is 0. The van der Waals surface area contributed by atoms with Gasteiger partial charge in [-0.1, -0.05) is 41.5 Å². The topological polar surface area (TPSA) is 96.0 Å². The second-order valence-corrected chi connectivity index (χ2v) is 10.5. The highest BCUT2D eigenvalue weighted by atomic mass is 16.5. The Bertz CT molecular complexity index is 649. The van der Waals surface area contributed by atoms with Gasteiger partial charge in [-0.05, 0) is 38.5 Å². The van der Waals surface area contributed by atoms with Gasteiger partial charge in [-0.3, -0.25) is 19.2 Å². The lowest BCUT2D eigenvalue weighted by Gasteiger charge is -2.39. The number of ether oxygens (including phenoxy) is 3. The molecule has 0 bridgehead atoms. The van der Waals surface area contributed by atoms with Crippen molar-refractivity contribution in [2.45, 2.75) is 86.7 Å². The van der Waals surface area contributed by atoms with Crippen molar-refractivity contribution in [1.82, 2.24) is 0 Å². The zero-order valence-corrected chi connectivity index (χ0v) is 22.4. The van der Waals surface area contributed by atoms with Crippen molar-refractivity contribution in [3.8, 4) is 0 Å². The first-order chi connectivity index (χ1) is 15.2. The van der Waals surface area contributed by atoms with Crippen LogP contribution in [-0.4, -0.2) is 49.9 Å². The van der Waals surface area contributed by atoms with Crippen molar-refractivity contribution >= 4 is 23.5 Å². The van der Waals surface area contributed by atoms with E-state index < -0.39 is 0 Å². The Morgan fingerprint density at radius 1 is 0.848 bits per heavy atom. The van der Waals surface area contributed by atoms with Gasteiger partial charge in [-0.15, -0.1) is 0 Å². The number of carbonyl (C=O) groups is 4. The monoisotopic (exact) mass is 470 g/mol. The van der Waals surface area contributed by atoms with Gasteiger partial charge in [-0.2, -0.15) is 0 Å². The van der Waals surface area contributed by atoms with E-state index in [0.29, 0.717) is 6.61 Å². The van der Waals surface area contributed by atoms with E-state index in [9.17, 15) is 19.2 Å². The van der Waals surface area contributed by atoms with Crippen molar-refractivity contribution in [3.05, 3.63) is 0 Å². The average molecular weight is 471 g/mol. The molecule has 1 fully saturated rings. The third-order valence-corrected chi connectivity index (χ3v) is 6.21. The van der Waals surface area contributed by atoms with Gasteiger partial charge in [-0.25, -0.2) is 0 Å².